The first-order valence-electron chi connectivity index (χ1n) is 9.90. The number of ether oxygens (including phenoxy) is 1. The average Bonchev–Trinajstić information content (AvgIpc) is 3.25. The van der Waals surface area contributed by atoms with E-state index in [4.69, 9.17) is 4.74 Å². The van der Waals surface area contributed by atoms with Gasteiger partial charge in [0.25, 0.3) is 11.7 Å². The molecule has 0 spiro atoms. The van der Waals surface area contributed by atoms with Crippen molar-refractivity contribution in [1.82, 2.24) is 24.5 Å². The monoisotopic (exact) mass is 441 g/mol. The fourth-order valence-corrected chi connectivity index (χ4v) is 4.73. The highest BCUT2D eigenvalue weighted by Crippen LogP contribution is 2.32. The molecule has 1 aliphatic rings. The Kier molecular flexibility index (Phi) is 5.73. The van der Waals surface area contributed by atoms with Crippen molar-refractivity contribution in [2.45, 2.75) is 23.7 Å². The number of rotatable bonds is 6. The van der Waals surface area contributed by atoms with Crippen molar-refractivity contribution >= 4 is 21.5 Å². The second-order valence-corrected chi connectivity index (χ2v) is 9.45. The van der Waals surface area contributed by atoms with Crippen LogP contribution in [0.4, 0.5) is 0 Å². The van der Waals surface area contributed by atoms with Crippen LogP contribution in [0.5, 0.6) is 5.75 Å². The third kappa shape index (κ3) is 4.29. The summed E-state index contributed by atoms with van der Waals surface area (Å²) >= 11 is 0. The molecule has 3 heterocycles. The lowest BCUT2D eigenvalue weighted by Crippen LogP contribution is -2.40. The number of nitrogens with zero attached hydrogens (tertiary/aromatic N) is 5. The van der Waals surface area contributed by atoms with E-state index in [2.05, 4.69) is 21.6 Å². The van der Waals surface area contributed by atoms with Gasteiger partial charge in [-0.3, -0.25) is 4.79 Å². The van der Waals surface area contributed by atoms with E-state index in [0.717, 1.165) is 19.1 Å². The number of fused-ring (bicyclic) bond motifs is 1. The molecule has 4 rings (SSSR count). The van der Waals surface area contributed by atoms with Gasteiger partial charge in [0.1, 0.15) is 23.6 Å². The van der Waals surface area contributed by atoms with E-state index < -0.39 is 9.84 Å². The topological polar surface area (TPSA) is 107 Å². The number of benzene rings is 1. The minimum Gasteiger partial charge on any atom is -0.490 e. The molecule has 0 unspecified atom stereocenters. The molecule has 9 nitrogen and oxygen atoms in total. The van der Waals surface area contributed by atoms with E-state index in [1.54, 1.807) is 35.2 Å². The van der Waals surface area contributed by atoms with E-state index in [9.17, 15) is 13.2 Å². The summed E-state index contributed by atoms with van der Waals surface area (Å²) in [4.78, 5) is 23.2. The van der Waals surface area contributed by atoms with Gasteiger partial charge in [-0.15, -0.1) is 0 Å². The van der Waals surface area contributed by atoms with Crippen molar-refractivity contribution in [3.05, 3.63) is 60.7 Å². The van der Waals surface area contributed by atoms with Gasteiger partial charge in [0.15, 0.2) is 9.84 Å². The molecule has 2 aromatic heterocycles. The number of sulfone groups is 1. The van der Waals surface area contributed by atoms with Crippen molar-refractivity contribution in [1.29, 1.82) is 0 Å². The molecule has 0 saturated carbocycles. The first-order chi connectivity index (χ1) is 14.9. The smallest absolute Gasteiger partial charge is 0.253 e. The molecule has 31 heavy (non-hydrogen) atoms. The first kappa shape index (κ1) is 21.0. The second-order valence-electron chi connectivity index (χ2n) is 7.47. The van der Waals surface area contributed by atoms with Crippen molar-refractivity contribution < 1.29 is 17.9 Å². The Hall–Kier alpha value is -3.27. The van der Waals surface area contributed by atoms with Crippen LogP contribution in [0, 0.1) is 0 Å². The number of likely N-dealkylation sites (tertiary alicyclic amines) is 1. The van der Waals surface area contributed by atoms with Crippen LogP contribution in [0.3, 0.4) is 0 Å². The van der Waals surface area contributed by atoms with Crippen LogP contribution in [0.25, 0.3) is 5.78 Å². The van der Waals surface area contributed by atoms with Crippen molar-refractivity contribution in [2.24, 2.45) is 0 Å². The number of carbonyl (C=O) groups excluding carboxylic acids is 1. The number of hydrogen-bond donors (Lipinski definition) is 0. The van der Waals surface area contributed by atoms with E-state index in [-0.39, 0.29) is 16.7 Å². The maximum atomic E-state index is 13.1. The zero-order chi connectivity index (χ0) is 22.0. The lowest BCUT2D eigenvalue weighted by atomic mass is 9.94. The normalized spacial score (nSPS) is 16.9. The maximum Gasteiger partial charge on any atom is 0.253 e. The molecule has 1 aromatic carbocycles. The molecule has 0 bridgehead atoms. The van der Waals surface area contributed by atoms with Gasteiger partial charge in [-0.1, -0.05) is 12.7 Å². The Balaban J connectivity index is 1.61. The first-order valence-corrected chi connectivity index (χ1v) is 11.8. The predicted octanol–water partition coefficient (Wildman–Crippen LogP) is 2.11. The summed E-state index contributed by atoms with van der Waals surface area (Å²) in [5, 5.41) is 4.18. The van der Waals surface area contributed by atoms with Crippen LogP contribution in [0.15, 0.2) is 54.3 Å². The summed E-state index contributed by atoms with van der Waals surface area (Å²) in [5.41, 5.74) is 1.08. The molecule has 0 N–H and O–H groups in total. The zero-order valence-electron chi connectivity index (χ0n) is 17.1. The number of hydrogen-bond acceptors (Lipinski definition) is 7. The van der Waals surface area contributed by atoms with Gasteiger partial charge in [-0.25, -0.2) is 13.4 Å². The number of amides is 1. The van der Waals surface area contributed by atoms with Gasteiger partial charge in [0.05, 0.1) is 11.9 Å². The Morgan fingerprint density at radius 2 is 2.06 bits per heavy atom. The SMILES string of the molecule is C=CCOc1ccc(C(=O)N2CCC[C@H](c3c(S(C)(=O)=O)cnc4ncnn34)C2)cc1. The molecule has 162 valence electrons. The van der Waals surface area contributed by atoms with Crippen LogP contribution in [0.2, 0.25) is 0 Å². The van der Waals surface area contributed by atoms with Crippen molar-refractivity contribution in [3.63, 3.8) is 0 Å². The van der Waals surface area contributed by atoms with E-state index in [1.165, 1.54) is 17.0 Å². The standard InChI is InChI=1S/C21H23N5O4S/c1-3-11-30-17-8-6-15(7-9-17)20(27)25-10-4-5-16(13-25)19-18(31(2,28)29)12-22-21-23-14-24-26(19)21/h3,6-9,12,14,16H,1,4-5,10-11,13H2,2H3/t16-/m0/s1. The minimum atomic E-state index is -3.53. The third-order valence-electron chi connectivity index (χ3n) is 5.27. The average molecular weight is 442 g/mol. The summed E-state index contributed by atoms with van der Waals surface area (Å²) in [5.74, 6) is 0.687. The third-order valence-corrected chi connectivity index (χ3v) is 6.39. The van der Waals surface area contributed by atoms with E-state index in [0.29, 0.717) is 42.5 Å². The molecule has 1 atom stereocenters. The Labute approximate surface area is 180 Å². The Morgan fingerprint density at radius 1 is 1.29 bits per heavy atom. The molecule has 0 aliphatic carbocycles. The van der Waals surface area contributed by atoms with Crippen LogP contribution in [-0.2, 0) is 9.84 Å². The Bertz CT molecular complexity index is 1220. The zero-order valence-corrected chi connectivity index (χ0v) is 18.0. The second kappa shape index (κ2) is 8.46. The summed E-state index contributed by atoms with van der Waals surface area (Å²) < 4.78 is 31.8. The molecule has 1 saturated heterocycles. The van der Waals surface area contributed by atoms with Crippen molar-refractivity contribution in [2.75, 3.05) is 26.0 Å². The molecule has 1 amide bonds. The van der Waals surface area contributed by atoms with Gasteiger partial charge in [0, 0.05) is 30.8 Å². The molecular formula is C21H23N5O4S. The lowest BCUT2D eigenvalue weighted by molar-refractivity contribution is 0.0704. The molecule has 0 radical (unpaired) electrons. The fraction of sp³-hybridized carbons (Fsp3) is 0.333. The molecule has 1 fully saturated rings. The molecule has 1 aliphatic heterocycles. The fourth-order valence-electron chi connectivity index (χ4n) is 3.86. The highest BCUT2D eigenvalue weighted by atomic mass is 32.2. The highest BCUT2D eigenvalue weighted by Gasteiger charge is 2.31. The van der Waals surface area contributed by atoms with Crippen LogP contribution in [0.1, 0.15) is 34.8 Å². The van der Waals surface area contributed by atoms with Crippen LogP contribution >= 0.6 is 0 Å². The molecule has 10 heteroatoms. The van der Waals surface area contributed by atoms with E-state index >= 15 is 0 Å². The molecule has 3 aromatic rings. The summed E-state index contributed by atoms with van der Waals surface area (Å²) in [7, 11) is -3.53. The van der Waals surface area contributed by atoms with Gasteiger partial charge in [-0.2, -0.15) is 14.6 Å². The van der Waals surface area contributed by atoms with E-state index in [1.807, 2.05) is 0 Å². The number of aromatic nitrogens is 4. The Morgan fingerprint density at radius 3 is 2.77 bits per heavy atom. The van der Waals surface area contributed by atoms with Gasteiger partial charge < -0.3 is 9.64 Å². The summed E-state index contributed by atoms with van der Waals surface area (Å²) in [6.07, 6.45) is 6.97. The predicted molar refractivity (Wildman–Crippen MR) is 114 cm³/mol. The minimum absolute atomic E-state index is 0.107. The molecular weight excluding hydrogens is 418 g/mol. The summed E-state index contributed by atoms with van der Waals surface area (Å²) in [6.45, 7) is 4.99. The maximum absolute atomic E-state index is 13.1. The number of carbonyl (C=O) groups is 1. The van der Waals surface area contributed by atoms with Crippen molar-refractivity contribution in [3.8, 4) is 5.75 Å². The van der Waals surface area contributed by atoms with Crippen LogP contribution in [-0.4, -0.2) is 64.8 Å². The number of piperidine rings is 1. The lowest BCUT2D eigenvalue weighted by Gasteiger charge is -2.33. The largest absolute Gasteiger partial charge is 0.490 e. The van der Waals surface area contributed by atoms with Gasteiger partial charge in [0.2, 0.25) is 0 Å². The van der Waals surface area contributed by atoms with Crippen LogP contribution < -0.4 is 4.74 Å². The highest BCUT2D eigenvalue weighted by molar-refractivity contribution is 7.90. The van der Waals surface area contributed by atoms with Gasteiger partial charge >= 0.3 is 0 Å². The van der Waals surface area contributed by atoms with Gasteiger partial charge in [-0.05, 0) is 37.1 Å². The quantitative estimate of drug-likeness (QED) is 0.539. The summed E-state index contributed by atoms with van der Waals surface area (Å²) in [6, 6.07) is 6.96.